The molecule has 0 aromatic heterocycles. The topological polar surface area (TPSA) is 76.0 Å². The summed E-state index contributed by atoms with van der Waals surface area (Å²) in [4.78, 5) is 47.4. The molecule has 0 heterocycles. The molecule has 3 aromatic carbocycles. The molecule has 0 amide bonds. The predicted octanol–water partition coefficient (Wildman–Crippen LogP) is 6.99. The first-order chi connectivity index (χ1) is 18.5. The minimum Gasteiger partial charge on any atom is -0.316 e. The molecular weight excluding hydrogens is 508 g/mol. The standard InChI is InChI=1S/C32H36N2O4S/c1-7-8-13-28(33-38-31(37)32(3,4)34(5)6)30(36)24-16-20-26(21-17-24)39-25-18-14-23(15-19-25)29(35)27-12-10-9-11-22(27)2/h9-12,14-21H,7-8,13H2,1-6H3/b33-28+. The number of rotatable bonds is 12. The maximum Gasteiger partial charge on any atom is 0.354 e. The molecule has 0 aliphatic carbocycles. The van der Waals surface area contributed by atoms with Crippen LogP contribution in [0.2, 0.25) is 0 Å². The zero-order chi connectivity index (χ0) is 28.6. The SMILES string of the molecule is CCCC/C(=N\OC(=O)C(C)(C)N(C)C)C(=O)c1ccc(Sc2ccc(C(=O)c3ccccc3C)cc2)cc1. The molecule has 0 spiro atoms. The van der Waals surface area contributed by atoms with Crippen molar-refractivity contribution in [2.45, 2.75) is 62.3 Å². The summed E-state index contributed by atoms with van der Waals surface area (Å²) in [5.74, 6) is -0.772. The first kappa shape index (κ1) is 30.0. The number of ketones is 2. The monoisotopic (exact) mass is 544 g/mol. The van der Waals surface area contributed by atoms with Crippen LogP contribution in [0.5, 0.6) is 0 Å². The van der Waals surface area contributed by atoms with Gasteiger partial charge < -0.3 is 4.84 Å². The summed E-state index contributed by atoms with van der Waals surface area (Å²) < 4.78 is 0. The quantitative estimate of drug-likeness (QED) is 0.106. The van der Waals surface area contributed by atoms with E-state index < -0.39 is 11.5 Å². The number of benzene rings is 3. The second-order valence-corrected chi connectivity index (χ2v) is 11.2. The van der Waals surface area contributed by atoms with Crippen LogP contribution in [-0.2, 0) is 9.63 Å². The Hall–Kier alpha value is -3.55. The van der Waals surface area contributed by atoms with E-state index >= 15 is 0 Å². The zero-order valence-electron chi connectivity index (χ0n) is 23.5. The number of oxime groups is 1. The molecule has 0 aliphatic rings. The highest BCUT2D eigenvalue weighted by molar-refractivity contribution is 7.99. The Kier molecular flexibility index (Phi) is 10.4. The van der Waals surface area contributed by atoms with Gasteiger partial charge in [0.1, 0.15) is 11.3 Å². The maximum atomic E-state index is 13.2. The van der Waals surface area contributed by atoms with Crippen molar-refractivity contribution in [3.63, 3.8) is 0 Å². The van der Waals surface area contributed by atoms with E-state index in [2.05, 4.69) is 5.16 Å². The minimum absolute atomic E-state index is 0.00372. The molecule has 39 heavy (non-hydrogen) atoms. The Labute approximate surface area is 235 Å². The number of hydrogen-bond acceptors (Lipinski definition) is 7. The number of hydrogen-bond donors (Lipinski definition) is 0. The molecule has 0 N–H and O–H groups in total. The van der Waals surface area contributed by atoms with Gasteiger partial charge in [0.05, 0.1) is 0 Å². The van der Waals surface area contributed by atoms with Crippen LogP contribution in [0.1, 0.15) is 71.9 Å². The van der Waals surface area contributed by atoms with Crippen LogP contribution in [-0.4, -0.2) is 47.8 Å². The van der Waals surface area contributed by atoms with Gasteiger partial charge in [-0.25, -0.2) is 4.79 Å². The molecule has 0 fully saturated rings. The van der Waals surface area contributed by atoms with Gasteiger partial charge in [0.15, 0.2) is 5.78 Å². The van der Waals surface area contributed by atoms with E-state index in [-0.39, 0.29) is 17.3 Å². The first-order valence-electron chi connectivity index (χ1n) is 13.0. The van der Waals surface area contributed by atoms with Crippen molar-refractivity contribution < 1.29 is 19.2 Å². The highest BCUT2D eigenvalue weighted by atomic mass is 32.2. The summed E-state index contributed by atoms with van der Waals surface area (Å²) >= 11 is 1.54. The van der Waals surface area contributed by atoms with Crippen LogP contribution in [0.15, 0.2) is 87.7 Å². The summed E-state index contributed by atoms with van der Waals surface area (Å²) in [7, 11) is 3.57. The number of carbonyl (C=O) groups is 3. The number of unbranched alkanes of at least 4 members (excludes halogenated alkanes) is 1. The molecule has 0 aliphatic heterocycles. The molecule has 0 saturated heterocycles. The van der Waals surface area contributed by atoms with Gasteiger partial charge >= 0.3 is 5.97 Å². The highest BCUT2D eigenvalue weighted by Gasteiger charge is 2.32. The van der Waals surface area contributed by atoms with Crippen LogP contribution >= 0.6 is 11.8 Å². The molecule has 0 atom stereocenters. The highest BCUT2D eigenvalue weighted by Crippen LogP contribution is 2.29. The Morgan fingerprint density at radius 3 is 1.97 bits per heavy atom. The van der Waals surface area contributed by atoms with Crippen molar-refractivity contribution in [3.8, 4) is 0 Å². The van der Waals surface area contributed by atoms with E-state index in [9.17, 15) is 14.4 Å². The molecule has 3 rings (SSSR count). The summed E-state index contributed by atoms with van der Waals surface area (Å²) in [6.45, 7) is 7.44. The van der Waals surface area contributed by atoms with Gasteiger partial charge in [-0.1, -0.05) is 54.5 Å². The van der Waals surface area contributed by atoms with E-state index in [0.29, 0.717) is 23.1 Å². The van der Waals surface area contributed by atoms with E-state index in [1.54, 1.807) is 56.7 Å². The molecule has 3 aromatic rings. The van der Waals surface area contributed by atoms with Gasteiger partial charge in [-0.05, 0) is 102 Å². The van der Waals surface area contributed by atoms with E-state index in [1.807, 2.05) is 74.5 Å². The molecule has 0 bridgehead atoms. The smallest absolute Gasteiger partial charge is 0.316 e. The van der Waals surface area contributed by atoms with Gasteiger partial charge in [-0.2, -0.15) is 0 Å². The van der Waals surface area contributed by atoms with Gasteiger partial charge in [0.2, 0.25) is 5.78 Å². The lowest BCUT2D eigenvalue weighted by molar-refractivity contribution is -0.154. The minimum atomic E-state index is -0.868. The molecule has 7 heteroatoms. The molecule has 6 nitrogen and oxygen atoms in total. The summed E-state index contributed by atoms with van der Waals surface area (Å²) in [5.41, 5.74) is 2.14. The number of Topliss-reactive ketones (excluding diaryl/α,β-unsaturated/α-hetero) is 1. The lowest BCUT2D eigenvalue weighted by atomic mass is 9.99. The third kappa shape index (κ3) is 7.74. The fourth-order valence-corrected chi connectivity index (χ4v) is 4.39. The Bertz CT molecular complexity index is 1340. The largest absolute Gasteiger partial charge is 0.354 e. The van der Waals surface area contributed by atoms with Gasteiger partial charge in [0, 0.05) is 26.5 Å². The third-order valence-electron chi connectivity index (χ3n) is 6.74. The Balaban J connectivity index is 1.69. The normalized spacial score (nSPS) is 11.9. The van der Waals surface area contributed by atoms with Crippen molar-refractivity contribution in [2.24, 2.45) is 5.16 Å². The molecule has 204 valence electrons. The fourth-order valence-electron chi connectivity index (χ4n) is 3.57. The lowest BCUT2D eigenvalue weighted by Crippen LogP contribution is -2.46. The third-order valence-corrected chi connectivity index (χ3v) is 7.76. The number of aryl methyl sites for hydroxylation is 1. The van der Waals surface area contributed by atoms with Crippen LogP contribution in [0.3, 0.4) is 0 Å². The second kappa shape index (κ2) is 13.5. The first-order valence-corrected chi connectivity index (χ1v) is 13.8. The van der Waals surface area contributed by atoms with E-state index in [4.69, 9.17) is 4.84 Å². The van der Waals surface area contributed by atoms with E-state index in [1.165, 1.54) is 0 Å². The van der Waals surface area contributed by atoms with Crippen LogP contribution in [0.25, 0.3) is 0 Å². The van der Waals surface area contributed by atoms with Crippen molar-refractivity contribution in [2.75, 3.05) is 14.1 Å². The molecule has 0 unspecified atom stereocenters. The predicted molar refractivity (Wildman–Crippen MR) is 157 cm³/mol. The van der Waals surface area contributed by atoms with Crippen LogP contribution in [0, 0.1) is 6.92 Å². The van der Waals surface area contributed by atoms with Crippen molar-refractivity contribution >= 4 is 35.0 Å². The summed E-state index contributed by atoms with van der Waals surface area (Å²) in [6.07, 6.45) is 2.07. The number of carbonyl (C=O) groups excluding carboxylic acids is 3. The number of likely N-dealkylation sites (N-methyl/N-ethyl adjacent to an activating group) is 1. The zero-order valence-corrected chi connectivity index (χ0v) is 24.3. The summed E-state index contributed by atoms with van der Waals surface area (Å²) in [5, 5.41) is 3.98. The average molecular weight is 545 g/mol. The van der Waals surface area contributed by atoms with Crippen LogP contribution in [0.4, 0.5) is 0 Å². The molecule has 0 radical (unpaired) electrons. The van der Waals surface area contributed by atoms with Crippen molar-refractivity contribution in [1.29, 1.82) is 0 Å². The van der Waals surface area contributed by atoms with Crippen molar-refractivity contribution in [3.05, 3.63) is 95.1 Å². The van der Waals surface area contributed by atoms with Gasteiger partial charge in [-0.3, -0.25) is 14.5 Å². The lowest BCUT2D eigenvalue weighted by Gasteiger charge is -2.28. The van der Waals surface area contributed by atoms with Crippen molar-refractivity contribution in [1.82, 2.24) is 4.90 Å². The Morgan fingerprint density at radius 2 is 1.44 bits per heavy atom. The number of nitrogens with zero attached hydrogens (tertiary/aromatic N) is 2. The molecular formula is C32H36N2O4S. The fraction of sp³-hybridized carbons (Fsp3) is 0.312. The maximum absolute atomic E-state index is 13.2. The molecule has 0 saturated carbocycles. The summed E-state index contributed by atoms with van der Waals surface area (Å²) in [6, 6.07) is 22.4. The van der Waals surface area contributed by atoms with E-state index in [0.717, 1.165) is 28.2 Å². The van der Waals surface area contributed by atoms with Crippen LogP contribution < -0.4 is 0 Å². The second-order valence-electron chi connectivity index (χ2n) is 10.1. The Morgan fingerprint density at radius 1 is 0.872 bits per heavy atom. The van der Waals surface area contributed by atoms with Gasteiger partial charge in [-0.15, -0.1) is 0 Å². The average Bonchev–Trinajstić information content (AvgIpc) is 2.93. The van der Waals surface area contributed by atoms with Gasteiger partial charge in [0.25, 0.3) is 0 Å².